The molecule has 0 saturated heterocycles. The summed E-state index contributed by atoms with van der Waals surface area (Å²) in [6, 6.07) is 7.55. The first-order valence-corrected chi connectivity index (χ1v) is 7.62. The second-order valence-electron chi connectivity index (χ2n) is 6.74. The Morgan fingerprint density at radius 2 is 1.81 bits per heavy atom. The molecule has 0 heterocycles. The fourth-order valence-corrected chi connectivity index (χ4v) is 2.67. The Hall–Kier alpha value is -1.71. The van der Waals surface area contributed by atoms with Crippen molar-refractivity contribution in [2.45, 2.75) is 58.1 Å². The van der Waals surface area contributed by atoms with Crippen LogP contribution in [0.2, 0.25) is 0 Å². The normalized spacial score (nSPS) is 22.6. The molecule has 0 aromatic heterocycles. The van der Waals surface area contributed by atoms with Crippen molar-refractivity contribution in [2.24, 2.45) is 5.92 Å². The van der Waals surface area contributed by atoms with Gasteiger partial charge in [-0.05, 0) is 58.6 Å². The molecular formula is C17H25NO3. The van der Waals surface area contributed by atoms with E-state index in [2.05, 4.69) is 5.32 Å². The number of carbonyl (C=O) groups is 1. The van der Waals surface area contributed by atoms with Gasteiger partial charge in [-0.15, -0.1) is 0 Å². The number of anilines is 1. The lowest BCUT2D eigenvalue weighted by Gasteiger charge is -2.30. The van der Waals surface area contributed by atoms with Gasteiger partial charge in [0.1, 0.15) is 11.4 Å². The molecule has 1 aromatic carbocycles. The number of carbonyl (C=O) groups excluding carboxylic acids is 1. The van der Waals surface area contributed by atoms with E-state index >= 15 is 0 Å². The van der Waals surface area contributed by atoms with E-state index in [1.807, 2.05) is 32.9 Å². The number of phenols is 1. The highest BCUT2D eigenvalue weighted by Crippen LogP contribution is 2.31. The van der Waals surface area contributed by atoms with Crippen LogP contribution in [0.4, 0.5) is 5.69 Å². The van der Waals surface area contributed by atoms with Crippen LogP contribution in [0.5, 0.6) is 5.75 Å². The van der Waals surface area contributed by atoms with Crippen LogP contribution in [0.1, 0.15) is 46.5 Å². The lowest BCUT2D eigenvalue weighted by Crippen LogP contribution is -2.33. The quantitative estimate of drug-likeness (QED) is 0.658. The molecule has 1 fully saturated rings. The molecule has 0 unspecified atom stereocenters. The fourth-order valence-electron chi connectivity index (χ4n) is 2.67. The molecule has 1 saturated carbocycles. The van der Waals surface area contributed by atoms with Crippen LogP contribution < -0.4 is 5.32 Å². The molecule has 4 heteroatoms. The van der Waals surface area contributed by atoms with E-state index in [1.54, 1.807) is 12.1 Å². The van der Waals surface area contributed by atoms with Crippen LogP contribution in [0.3, 0.4) is 0 Å². The maximum atomic E-state index is 12.1. The molecule has 1 aliphatic carbocycles. The molecule has 0 atom stereocenters. The summed E-state index contributed by atoms with van der Waals surface area (Å²) < 4.78 is 5.45. The fraction of sp³-hybridized carbons (Fsp3) is 0.588. The molecule has 4 nitrogen and oxygen atoms in total. The van der Waals surface area contributed by atoms with Crippen LogP contribution in [0.15, 0.2) is 24.3 Å². The highest BCUT2D eigenvalue weighted by Gasteiger charge is 2.30. The summed E-state index contributed by atoms with van der Waals surface area (Å²) in [5.74, 6) is 0.196. The highest BCUT2D eigenvalue weighted by molar-refractivity contribution is 5.73. The van der Waals surface area contributed by atoms with Crippen molar-refractivity contribution in [2.75, 3.05) is 5.32 Å². The summed E-state index contributed by atoms with van der Waals surface area (Å²) in [6.45, 7) is 5.70. The number of ether oxygens (including phenoxy) is 1. The van der Waals surface area contributed by atoms with Gasteiger partial charge in [0, 0.05) is 6.04 Å². The summed E-state index contributed by atoms with van der Waals surface area (Å²) in [5.41, 5.74) is 0.348. The second kappa shape index (κ2) is 6.37. The summed E-state index contributed by atoms with van der Waals surface area (Å²) in [4.78, 5) is 12.1. The smallest absolute Gasteiger partial charge is 0.309 e. The van der Waals surface area contributed by atoms with E-state index in [0.717, 1.165) is 31.4 Å². The van der Waals surface area contributed by atoms with Crippen molar-refractivity contribution in [3.8, 4) is 5.75 Å². The van der Waals surface area contributed by atoms with E-state index in [4.69, 9.17) is 4.74 Å². The zero-order valence-electron chi connectivity index (χ0n) is 13.1. The van der Waals surface area contributed by atoms with Crippen molar-refractivity contribution in [1.82, 2.24) is 0 Å². The zero-order valence-corrected chi connectivity index (χ0v) is 13.1. The van der Waals surface area contributed by atoms with Gasteiger partial charge in [-0.1, -0.05) is 12.1 Å². The van der Waals surface area contributed by atoms with Gasteiger partial charge >= 0.3 is 5.97 Å². The Morgan fingerprint density at radius 1 is 1.19 bits per heavy atom. The molecule has 0 radical (unpaired) electrons. The predicted octanol–water partition coefficient (Wildman–Crippen LogP) is 3.70. The molecule has 0 spiro atoms. The number of phenolic OH excluding ortho intramolecular Hbond substituents is 1. The summed E-state index contributed by atoms with van der Waals surface area (Å²) in [5, 5.41) is 13.1. The zero-order chi connectivity index (χ0) is 15.5. The van der Waals surface area contributed by atoms with Crippen molar-refractivity contribution < 1.29 is 14.6 Å². The molecule has 116 valence electrons. The average molecular weight is 291 g/mol. The van der Waals surface area contributed by atoms with E-state index in [0.29, 0.717) is 6.04 Å². The number of rotatable bonds is 3. The minimum atomic E-state index is -0.415. The van der Waals surface area contributed by atoms with Crippen molar-refractivity contribution >= 4 is 11.7 Å². The third-order valence-electron chi connectivity index (χ3n) is 3.73. The Kier molecular flexibility index (Phi) is 4.76. The lowest BCUT2D eigenvalue weighted by atomic mass is 9.86. The average Bonchev–Trinajstić information content (AvgIpc) is 2.40. The van der Waals surface area contributed by atoms with Gasteiger partial charge in [0.05, 0.1) is 11.6 Å². The number of para-hydroxylation sites is 2. The molecule has 0 aliphatic heterocycles. The van der Waals surface area contributed by atoms with Crippen molar-refractivity contribution in [3.05, 3.63) is 24.3 Å². The molecule has 1 aromatic rings. The molecule has 2 rings (SSSR count). The van der Waals surface area contributed by atoms with E-state index in [1.165, 1.54) is 0 Å². The maximum Gasteiger partial charge on any atom is 0.309 e. The van der Waals surface area contributed by atoms with E-state index in [-0.39, 0.29) is 17.6 Å². The highest BCUT2D eigenvalue weighted by atomic mass is 16.6. The maximum absolute atomic E-state index is 12.1. The first-order chi connectivity index (χ1) is 9.85. The molecule has 21 heavy (non-hydrogen) atoms. The van der Waals surface area contributed by atoms with Gasteiger partial charge in [0.15, 0.2) is 0 Å². The van der Waals surface area contributed by atoms with Crippen LogP contribution in [0.25, 0.3) is 0 Å². The van der Waals surface area contributed by atoms with Crippen LogP contribution >= 0.6 is 0 Å². The number of hydrogen-bond acceptors (Lipinski definition) is 4. The van der Waals surface area contributed by atoms with Crippen molar-refractivity contribution in [1.29, 1.82) is 0 Å². The predicted molar refractivity (Wildman–Crippen MR) is 83.3 cm³/mol. The summed E-state index contributed by atoms with van der Waals surface area (Å²) in [7, 11) is 0. The number of aromatic hydroxyl groups is 1. The first-order valence-electron chi connectivity index (χ1n) is 7.62. The van der Waals surface area contributed by atoms with Crippen LogP contribution in [-0.4, -0.2) is 22.7 Å². The lowest BCUT2D eigenvalue weighted by molar-refractivity contribution is -0.161. The molecule has 0 amide bonds. The minimum Gasteiger partial charge on any atom is -0.506 e. The first kappa shape index (κ1) is 15.7. The van der Waals surface area contributed by atoms with Crippen LogP contribution in [0, 0.1) is 5.92 Å². The van der Waals surface area contributed by atoms with Crippen LogP contribution in [-0.2, 0) is 9.53 Å². The van der Waals surface area contributed by atoms with Gasteiger partial charge in [-0.2, -0.15) is 0 Å². The topological polar surface area (TPSA) is 58.6 Å². The third-order valence-corrected chi connectivity index (χ3v) is 3.73. The SMILES string of the molecule is CC(C)(C)OC(=O)C1CCC(Nc2ccccc2O)CC1. The Bertz CT molecular complexity index is 485. The molecule has 0 bridgehead atoms. The Labute approximate surface area is 126 Å². The van der Waals surface area contributed by atoms with Gasteiger partial charge in [0.25, 0.3) is 0 Å². The largest absolute Gasteiger partial charge is 0.506 e. The number of esters is 1. The third kappa shape index (κ3) is 4.66. The number of nitrogens with one attached hydrogen (secondary N) is 1. The Morgan fingerprint density at radius 3 is 2.38 bits per heavy atom. The minimum absolute atomic E-state index is 0.00615. The van der Waals surface area contributed by atoms with Gasteiger partial charge < -0.3 is 15.2 Å². The van der Waals surface area contributed by atoms with Crippen molar-refractivity contribution in [3.63, 3.8) is 0 Å². The van der Waals surface area contributed by atoms with Gasteiger partial charge in [-0.25, -0.2) is 0 Å². The van der Waals surface area contributed by atoms with Gasteiger partial charge in [-0.3, -0.25) is 4.79 Å². The monoisotopic (exact) mass is 291 g/mol. The molecular weight excluding hydrogens is 266 g/mol. The van der Waals surface area contributed by atoms with E-state index in [9.17, 15) is 9.90 Å². The molecule has 1 aliphatic rings. The standard InChI is InChI=1S/C17H25NO3/c1-17(2,3)21-16(20)12-8-10-13(11-9-12)18-14-6-4-5-7-15(14)19/h4-7,12-13,18-19H,8-11H2,1-3H3. The molecule has 2 N–H and O–H groups in total. The summed E-state index contributed by atoms with van der Waals surface area (Å²) in [6.07, 6.45) is 3.50. The Balaban J connectivity index is 1.83. The second-order valence-corrected chi connectivity index (χ2v) is 6.74. The van der Waals surface area contributed by atoms with E-state index < -0.39 is 5.60 Å². The number of benzene rings is 1. The number of hydrogen-bond donors (Lipinski definition) is 2. The van der Waals surface area contributed by atoms with Gasteiger partial charge in [0.2, 0.25) is 0 Å². The summed E-state index contributed by atoms with van der Waals surface area (Å²) >= 11 is 0.